The fourth-order valence-electron chi connectivity index (χ4n) is 1.47. The molecule has 6 nitrogen and oxygen atoms in total. The molecule has 2 N–H and O–H groups in total. The normalized spacial score (nSPS) is 10.2. The van der Waals surface area contributed by atoms with Crippen molar-refractivity contribution >= 4 is 27.4 Å². The van der Waals surface area contributed by atoms with E-state index in [2.05, 4.69) is 20.9 Å². The number of nitro groups is 1. The number of hydrogen-bond acceptors (Lipinski definition) is 5. The number of ether oxygens (including phenoxy) is 1. The predicted molar refractivity (Wildman–Crippen MR) is 73.8 cm³/mol. The van der Waals surface area contributed by atoms with Crippen LogP contribution in [0.4, 0.5) is 11.5 Å². The molecule has 2 rings (SSSR count). The monoisotopic (exact) mass is 323 g/mol. The molecule has 0 amide bonds. The molecular weight excluding hydrogens is 314 g/mol. The van der Waals surface area contributed by atoms with Crippen molar-refractivity contribution in [1.29, 1.82) is 0 Å². The molecule has 0 atom stereocenters. The van der Waals surface area contributed by atoms with Gasteiger partial charge in [0.2, 0.25) is 11.7 Å². The highest BCUT2D eigenvalue weighted by Crippen LogP contribution is 2.22. The van der Waals surface area contributed by atoms with Gasteiger partial charge in [-0.25, -0.2) is 0 Å². The summed E-state index contributed by atoms with van der Waals surface area (Å²) < 4.78 is 6.38. The van der Waals surface area contributed by atoms with E-state index in [1.165, 1.54) is 12.1 Å². The fourth-order valence-corrected chi connectivity index (χ4v) is 1.91. The molecule has 0 unspecified atom stereocenters. The van der Waals surface area contributed by atoms with Gasteiger partial charge in [0.05, 0.1) is 4.92 Å². The molecule has 1 aromatic heterocycles. The Hall–Kier alpha value is -2.15. The van der Waals surface area contributed by atoms with Gasteiger partial charge in [0.25, 0.3) is 0 Å². The van der Waals surface area contributed by atoms with Crippen LogP contribution in [0.2, 0.25) is 0 Å². The van der Waals surface area contributed by atoms with Crippen LogP contribution < -0.4 is 10.5 Å². The topological polar surface area (TPSA) is 91.3 Å². The number of anilines is 1. The smallest absolute Gasteiger partial charge is 0.311 e. The van der Waals surface area contributed by atoms with Gasteiger partial charge in [0.15, 0.2) is 0 Å². The third kappa shape index (κ3) is 3.41. The van der Waals surface area contributed by atoms with Gasteiger partial charge in [-0.1, -0.05) is 28.1 Å². The van der Waals surface area contributed by atoms with Crippen LogP contribution in [-0.4, -0.2) is 9.91 Å². The fraction of sp³-hybridized carbons (Fsp3) is 0.0833. The molecule has 0 aliphatic heterocycles. The SMILES string of the molecule is Nc1nc(OCc2cccc(Br)c2)ccc1[N+](=O)[O-]. The van der Waals surface area contributed by atoms with E-state index < -0.39 is 4.92 Å². The van der Waals surface area contributed by atoms with Crippen LogP contribution in [0.15, 0.2) is 40.9 Å². The van der Waals surface area contributed by atoms with Gasteiger partial charge >= 0.3 is 5.69 Å². The maximum atomic E-state index is 10.6. The second kappa shape index (κ2) is 5.66. The van der Waals surface area contributed by atoms with Gasteiger partial charge in [-0.15, -0.1) is 0 Å². The summed E-state index contributed by atoms with van der Waals surface area (Å²) in [5.74, 6) is 0.0971. The third-order valence-corrected chi connectivity index (χ3v) is 2.84. The highest BCUT2D eigenvalue weighted by atomic mass is 79.9. The number of nitrogens with zero attached hydrogens (tertiary/aromatic N) is 2. The minimum absolute atomic E-state index is 0.156. The molecule has 7 heteroatoms. The number of pyridine rings is 1. The second-order valence-electron chi connectivity index (χ2n) is 3.73. The minimum atomic E-state index is -0.583. The number of halogens is 1. The van der Waals surface area contributed by atoms with E-state index in [0.717, 1.165) is 10.0 Å². The lowest BCUT2D eigenvalue weighted by Crippen LogP contribution is -2.02. The van der Waals surface area contributed by atoms with Gasteiger partial charge in [-0.05, 0) is 17.7 Å². The van der Waals surface area contributed by atoms with Crippen LogP contribution in [0.5, 0.6) is 5.88 Å². The largest absolute Gasteiger partial charge is 0.473 e. The highest BCUT2D eigenvalue weighted by Gasteiger charge is 2.13. The van der Waals surface area contributed by atoms with E-state index in [9.17, 15) is 10.1 Å². The summed E-state index contributed by atoms with van der Waals surface area (Å²) in [6.07, 6.45) is 0. The van der Waals surface area contributed by atoms with Crippen molar-refractivity contribution in [2.75, 3.05) is 5.73 Å². The first-order valence-corrected chi connectivity index (χ1v) is 6.14. The third-order valence-electron chi connectivity index (χ3n) is 2.35. The van der Waals surface area contributed by atoms with Crippen molar-refractivity contribution in [2.45, 2.75) is 6.61 Å². The zero-order valence-electron chi connectivity index (χ0n) is 9.75. The number of nitrogens with two attached hydrogens (primary N) is 1. The number of benzene rings is 1. The molecule has 98 valence electrons. The van der Waals surface area contributed by atoms with Gasteiger partial charge in [-0.2, -0.15) is 4.98 Å². The Bertz CT molecular complexity index is 619. The van der Waals surface area contributed by atoms with E-state index in [4.69, 9.17) is 10.5 Å². The summed E-state index contributed by atoms with van der Waals surface area (Å²) in [5, 5.41) is 10.6. The lowest BCUT2D eigenvalue weighted by atomic mass is 10.2. The zero-order chi connectivity index (χ0) is 13.8. The molecule has 0 saturated heterocycles. The van der Waals surface area contributed by atoms with Crippen LogP contribution in [0, 0.1) is 10.1 Å². The molecule has 0 radical (unpaired) electrons. The van der Waals surface area contributed by atoms with E-state index in [1.807, 2.05) is 24.3 Å². The summed E-state index contributed by atoms with van der Waals surface area (Å²) in [5.41, 5.74) is 6.20. The Kier molecular flexibility index (Phi) is 3.96. The van der Waals surface area contributed by atoms with E-state index in [1.54, 1.807) is 0 Å². The van der Waals surface area contributed by atoms with Gasteiger partial charge < -0.3 is 10.5 Å². The second-order valence-corrected chi connectivity index (χ2v) is 4.65. The first kappa shape index (κ1) is 13.3. The maximum Gasteiger partial charge on any atom is 0.311 e. The molecule has 2 aromatic rings. The highest BCUT2D eigenvalue weighted by molar-refractivity contribution is 9.10. The van der Waals surface area contributed by atoms with Crippen molar-refractivity contribution in [3.8, 4) is 5.88 Å². The summed E-state index contributed by atoms with van der Waals surface area (Å²) in [7, 11) is 0. The average molecular weight is 324 g/mol. The average Bonchev–Trinajstić information content (AvgIpc) is 2.36. The maximum absolute atomic E-state index is 10.6. The van der Waals surface area contributed by atoms with Crippen LogP contribution in [0.3, 0.4) is 0 Å². The van der Waals surface area contributed by atoms with Crippen molar-refractivity contribution in [1.82, 2.24) is 4.98 Å². The molecule has 1 heterocycles. The zero-order valence-corrected chi connectivity index (χ0v) is 11.3. The van der Waals surface area contributed by atoms with Crippen LogP contribution in [0.25, 0.3) is 0 Å². The summed E-state index contributed by atoms with van der Waals surface area (Å²) in [4.78, 5) is 13.8. The van der Waals surface area contributed by atoms with Crippen molar-refractivity contribution in [2.24, 2.45) is 0 Å². The summed E-state index contributed by atoms with van der Waals surface area (Å²) in [6, 6.07) is 10.3. The Balaban J connectivity index is 2.08. The Morgan fingerprint density at radius 2 is 2.16 bits per heavy atom. The number of aromatic nitrogens is 1. The Morgan fingerprint density at radius 1 is 1.37 bits per heavy atom. The molecule has 0 aliphatic rings. The standard InChI is InChI=1S/C12H10BrN3O3/c13-9-3-1-2-8(6-9)7-19-11-5-4-10(16(17)18)12(14)15-11/h1-6H,7H2,(H2,14,15). The van der Waals surface area contributed by atoms with Crippen molar-refractivity contribution in [3.63, 3.8) is 0 Å². The lowest BCUT2D eigenvalue weighted by molar-refractivity contribution is -0.384. The van der Waals surface area contributed by atoms with E-state index in [0.29, 0.717) is 6.61 Å². The predicted octanol–water partition coefficient (Wildman–Crippen LogP) is 2.91. The summed E-state index contributed by atoms with van der Waals surface area (Å²) >= 11 is 3.36. The van der Waals surface area contributed by atoms with Gasteiger partial charge in [-0.3, -0.25) is 10.1 Å². The summed E-state index contributed by atoms with van der Waals surface area (Å²) in [6.45, 7) is 0.309. The molecule has 1 aromatic carbocycles. The minimum Gasteiger partial charge on any atom is -0.473 e. The number of rotatable bonds is 4. The molecule has 0 fully saturated rings. The number of nitrogen functional groups attached to an aromatic ring is 1. The molecule has 0 spiro atoms. The number of hydrogen-bond donors (Lipinski definition) is 1. The van der Waals surface area contributed by atoms with Gasteiger partial charge in [0, 0.05) is 16.6 Å². The molecule has 19 heavy (non-hydrogen) atoms. The lowest BCUT2D eigenvalue weighted by Gasteiger charge is -2.06. The first-order chi connectivity index (χ1) is 9.06. The molecule has 0 bridgehead atoms. The Labute approximate surface area is 117 Å². The van der Waals surface area contributed by atoms with E-state index in [-0.39, 0.29) is 17.4 Å². The van der Waals surface area contributed by atoms with Crippen LogP contribution >= 0.6 is 15.9 Å². The molecular formula is C12H10BrN3O3. The van der Waals surface area contributed by atoms with Crippen LogP contribution in [0.1, 0.15) is 5.56 Å². The quantitative estimate of drug-likeness (QED) is 0.690. The van der Waals surface area contributed by atoms with Crippen LogP contribution in [-0.2, 0) is 6.61 Å². The molecule has 0 saturated carbocycles. The van der Waals surface area contributed by atoms with Gasteiger partial charge in [0.1, 0.15) is 6.61 Å². The molecule has 0 aliphatic carbocycles. The van der Waals surface area contributed by atoms with Crippen molar-refractivity contribution < 1.29 is 9.66 Å². The Morgan fingerprint density at radius 3 is 2.79 bits per heavy atom. The van der Waals surface area contributed by atoms with E-state index >= 15 is 0 Å². The van der Waals surface area contributed by atoms with Crippen molar-refractivity contribution in [3.05, 3.63) is 56.5 Å². The first-order valence-electron chi connectivity index (χ1n) is 5.34.